The van der Waals surface area contributed by atoms with Gasteiger partial charge in [0.2, 0.25) is 5.91 Å². The van der Waals surface area contributed by atoms with Gasteiger partial charge in [-0.05, 0) is 49.1 Å². The summed E-state index contributed by atoms with van der Waals surface area (Å²) in [6.07, 6.45) is 2.05. The third kappa shape index (κ3) is 4.17. The molecule has 0 unspecified atom stereocenters. The lowest BCUT2D eigenvalue weighted by Gasteiger charge is -2.29. The Hall–Kier alpha value is -2.53. The molecule has 138 valence electrons. The Morgan fingerprint density at radius 3 is 2.85 bits per heavy atom. The molecule has 0 saturated heterocycles. The van der Waals surface area contributed by atoms with Gasteiger partial charge in [-0.2, -0.15) is 0 Å². The monoisotopic (exact) mass is 354 g/mol. The van der Waals surface area contributed by atoms with Crippen molar-refractivity contribution >= 4 is 11.6 Å². The average molecular weight is 354 g/mol. The van der Waals surface area contributed by atoms with Crippen LogP contribution in [0.25, 0.3) is 0 Å². The first-order valence-corrected chi connectivity index (χ1v) is 9.11. The normalized spacial score (nSPS) is 13.2. The van der Waals surface area contributed by atoms with Crippen molar-refractivity contribution in [3.63, 3.8) is 0 Å². The van der Waals surface area contributed by atoms with E-state index >= 15 is 0 Å². The minimum Gasteiger partial charge on any atom is -0.493 e. The zero-order chi connectivity index (χ0) is 18.4. The minimum absolute atomic E-state index is 0.107. The van der Waals surface area contributed by atoms with E-state index < -0.39 is 0 Å². The predicted molar refractivity (Wildman–Crippen MR) is 103 cm³/mol. The fourth-order valence-corrected chi connectivity index (χ4v) is 3.30. The highest BCUT2D eigenvalue weighted by Gasteiger charge is 2.21. The van der Waals surface area contributed by atoms with Crippen LogP contribution in [0.15, 0.2) is 42.5 Å². The van der Waals surface area contributed by atoms with Crippen LogP contribution in [-0.4, -0.2) is 32.7 Å². The number of nitrogens with zero attached hydrogens (tertiary/aromatic N) is 1. The topological polar surface area (TPSA) is 50.8 Å². The van der Waals surface area contributed by atoms with Gasteiger partial charge in [0.1, 0.15) is 0 Å². The molecule has 0 atom stereocenters. The molecule has 1 aliphatic rings. The van der Waals surface area contributed by atoms with Crippen molar-refractivity contribution in [3.05, 3.63) is 53.6 Å². The summed E-state index contributed by atoms with van der Waals surface area (Å²) in [5, 5.41) is 3.25. The molecule has 1 amide bonds. The van der Waals surface area contributed by atoms with E-state index in [1.165, 1.54) is 5.56 Å². The largest absolute Gasteiger partial charge is 0.493 e. The molecule has 0 aliphatic carbocycles. The maximum atomic E-state index is 12.6. The van der Waals surface area contributed by atoms with Gasteiger partial charge in [-0.15, -0.1) is 0 Å². The molecule has 2 aromatic carbocycles. The molecule has 5 nitrogen and oxygen atoms in total. The number of ether oxygens (including phenoxy) is 2. The first kappa shape index (κ1) is 18.3. The minimum atomic E-state index is 0.107. The molecule has 1 aliphatic heterocycles. The van der Waals surface area contributed by atoms with Crippen LogP contribution in [0.4, 0.5) is 5.69 Å². The summed E-state index contributed by atoms with van der Waals surface area (Å²) in [6.45, 7) is 4.23. The first-order valence-electron chi connectivity index (χ1n) is 9.11. The third-order valence-electron chi connectivity index (χ3n) is 4.54. The third-order valence-corrected chi connectivity index (χ3v) is 4.54. The number of hydrogen-bond donors (Lipinski definition) is 1. The Labute approximate surface area is 154 Å². The van der Waals surface area contributed by atoms with Crippen LogP contribution in [0.5, 0.6) is 11.5 Å². The van der Waals surface area contributed by atoms with Gasteiger partial charge in [-0.3, -0.25) is 4.79 Å². The first-order chi connectivity index (χ1) is 12.7. The van der Waals surface area contributed by atoms with E-state index in [0.717, 1.165) is 42.1 Å². The van der Waals surface area contributed by atoms with E-state index in [1.54, 1.807) is 7.11 Å². The number of anilines is 1. The van der Waals surface area contributed by atoms with Gasteiger partial charge >= 0.3 is 0 Å². The lowest BCUT2D eigenvalue weighted by Crippen LogP contribution is -2.41. The number of amides is 1. The quantitative estimate of drug-likeness (QED) is 0.830. The molecule has 0 saturated carbocycles. The van der Waals surface area contributed by atoms with Crippen LogP contribution in [0.3, 0.4) is 0 Å². The van der Waals surface area contributed by atoms with Crippen molar-refractivity contribution in [2.24, 2.45) is 0 Å². The summed E-state index contributed by atoms with van der Waals surface area (Å²) in [6, 6.07) is 14.0. The number of aryl methyl sites for hydroxylation is 1. The molecule has 2 aromatic rings. The van der Waals surface area contributed by atoms with Gasteiger partial charge < -0.3 is 19.7 Å². The van der Waals surface area contributed by atoms with Gasteiger partial charge in [-0.1, -0.05) is 24.3 Å². The Bertz CT molecular complexity index is 761. The second kappa shape index (κ2) is 8.72. The predicted octanol–water partition coefficient (Wildman–Crippen LogP) is 3.16. The van der Waals surface area contributed by atoms with Crippen LogP contribution < -0.4 is 19.7 Å². The molecule has 3 rings (SSSR count). The van der Waals surface area contributed by atoms with Crippen molar-refractivity contribution in [3.8, 4) is 11.5 Å². The van der Waals surface area contributed by atoms with E-state index in [1.807, 2.05) is 48.2 Å². The molecule has 0 radical (unpaired) electrons. The molecule has 0 spiro atoms. The summed E-state index contributed by atoms with van der Waals surface area (Å²) in [7, 11) is 1.63. The van der Waals surface area contributed by atoms with E-state index in [-0.39, 0.29) is 5.91 Å². The van der Waals surface area contributed by atoms with E-state index in [9.17, 15) is 4.79 Å². The summed E-state index contributed by atoms with van der Waals surface area (Å²) in [5.74, 6) is 1.55. The molecular formula is C21H26N2O3. The smallest absolute Gasteiger partial charge is 0.240 e. The fourth-order valence-electron chi connectivity index (χ4n) is 3.30. The molecule has 0 bridgehead atoms. The summed E-state index contributed by atoms with van der Waals surface area (Å²) < 4.78 is 10.9. The summed E-state index contributed by atoms with van der Waals surface area (Å²) in [5.41, 5.74) is 3.36. The second-order valence-corrected chi connectivity index (χ2v) is 6.30. The molecule has 1 heterocycles. The van der Waals surface area contributed by atoms with E-state index in [2.05, 4.69) is 11.4 Å². The molecule has 0 fully saturated rings. The van der Waals surface area contributed by atoms with E-state index in [4.69, 9.17) is 9.47 Å². The van der Waals surface area contributed by atoms with Crippen molar-refractivity contribution in [1.29, 1.82) is 0 Å². The Morgan fingerprint density at radius 1 is 1.19 bits per heavy atom. The molecule has 26 heavy (non-hydrogen) atoms. The number of para-hydroxylation sites is 1. The average Bonchev–Trinajstić information content (AvgIpc) is 2.68. The standard InChI is InChI=1S/C21H26N2O3/c1-3-26-20-13-16(10-11-19(20)25-2)14-22-15-21(24)23-12-6-8-17-7-4-5-9-18(17)23/h4-5,7,9-11,13,22H,3,6,8,12,14-15H2,1-2H3. The molecule has 1 N–H and O–H groups in total. The van der Waals surface area contributed by atoms with Crippen molar-refractivity contribution in [2.45, 2.75) is 26.3 Å². The highest BCUT2D eigenvalue weighted by Crippen LogP contribution is 2.28. The second-order valence-electron chi connectivity index (χ2n) is 6.30. The van der Waals surface area contributed by atoms with Gasteiger partial charge in [0.25, 0.3) is 0 Å². The number of carbonyl (C=O) groups is 1. The van der Waals surface area contributed by atoms with Crippen molar-refractivity contribution in [2.75, 3.05) is 31.7 Å². The summed E-state index contributed by atoms with van der Waals surface area (Å²) in [4.78, 5) is 14.5. The zero-order valence-electron chi connectivity index (χ0n) is 15.5. The number of rotatable bonds is 7. The highest BCUT2D eigenvalue weighted by atomic mass is 16.5. The van der Waals surface area contributed by atoms with Crippen LogP contribution in [-0.2, 0) is 17.8 Å². The molecule has 5 heteroatoms. The van der Waals surface area contributed by atoms with Gasteiger partial charge in [0.15, 0.2) is 11.5 Å². The van der Waals surface area contributed by atoms with Crippen LogP contribution in [0.2, 0.25) is 0 Å². The highest BCUT2D eigenvalue weighted by molar-refractivity contribution is 5.95. The fraction of sp³-hybridized carbons (Fsp3) is 0.381. The van der Waals surface area contributed by atoms with Crippen LogP contribution in [0.1, 0.15) is 24.5 Å². The van der Waals surface area contributed by atoms with Crippen molar-refractivity contribution < 1.29 is 14.3 Å². The Kier molecular flexibility index (Phi) is 6.12. The van der Waals surface area contributed by atoms with Crippen LogP contribution in [0, 0.1) is 0 Å². The van der Waals surface area contributed by atoms with Gasteiger partial charge in [0.05, 0.1) is 20.3 Å². The SMILES string of the molecule is CCOc1cc(CNCC(=O)N2CCCc3ccccc32)ccc1OC. The number of benzene rings is 2. The Morgan fingerprint density at radius 2 is 2.04 bits per heavy atom. The molecule has 0 aromatic heterocycles. The lowest BCUT2D eigenvalue weighted by atomic mass is 10.0. The number of hydrogen-bond acceptors (Lipinski definition) is 4. The summed E-state index contributed by atoms with van der Waals surface area (Å²) >= 11 is 0. The Balaban J connectivity index is 1.59. The van der Waals surface area contributed by atoms with Crippen molar-refractivity contribution in [1.82, 2.24) is 5.32 Å². The zero-order valence-corrected chi connectivity index (χ0v) is 15.5. The molecular weight excluding hydrogens is 328 g/mol. The maximum Gasteiger partial charge on any atom is 0.240 e. The van der Waals surface area contributed by atoms with Gasteiger partial charge in [0, 0.05) is 18.8 Å². The van der Waals surface area contributed by atoms with Gasteiger partial charge in [-0.25, -0.2) is 0 Å². The van der Waals surface area contributed by atoms with E-state index in [0.29, 0.717) is 19.7 Å². The number of carbonyl (C=O) groups excluding carboxylic acids is 1. The lowest BCUT2D eigenvalue weighted by molar-refractivity contribution is -0.117. The maximum absolute atomic E-state index is 12.6. The number of nitrogens with one attached hydrogen (secondary N) is 1. The van der Waals surface area contributed by atoms with Crippen LogP contribution >= 0.6 is 0 Å². The number of fused-ring (bicyclic) bond motifs is 1. The number of methoxy groups -OCH3 is 1.